The molecule has 0 aromatic rings. The van der Waals surface area contributed by atoms with E-state index in [9.17, 15) is 61.0 Å². The second-order valence-electron chi connectivity index (χ2n) is 25.3. The number of allylic oxidation sites excluding steroid dienone is 11. The lowest BCUT2D eigenvalue weighted by molar-refractivity contribution is -0.379. The first kappa shape index (κ1) is 82.5. The predicted octanol–water partition coefficient (Wildman–Crippen LogP) is 9.72. The van der Waals surface area contributed by atoms with E-state index in [2.05, 4.69) is 79.9 Å². The average molecular weight is 1290 g/mol. The summed E-state index contributed by atoms with van der Waals surface area (Å²) in [6.45, 7) is 1.53. The molecular formula is C72H127NO18. The molecule has 19 heteroatoms. The van der Waals surface area contributed by atoms with Crippen molar-refractivity contribution in [2.45, 2.75) is 349 Å². The van der Waals surface area contributed by atoms with Gasteiger partial charge < -0.3 is 89.9 Å². The van der Waals surface area contributed by atoms with E-state index in [0.717, 1.165) is 70.6 Å². The van der Waals surface area contributed by atoms with Crippen molar-refractivity contribution in [3.63, 3.8) is 0 Å². The SMILES string of the molecule is CC/C=C\C/C=C\C/C=C\C/C=C\CCCCCCCCCCCCCCCCCCCCCCCCCCC(=O)NC(COC1OC(CO)C(OC2OC(CO)C(OC3OC(CO)C(O)C(O)C3O)C(O)C2O)C(O)C1O)C(O)/C=C/CC/C=C/CCCCC. The third-order valence-electron chi connectivity index (χ3n) is 17.5. The van der Waals surface area contributed by atoms with Crippen LogP contribution in [0.1, 0.15) is 245 Å². The molecule has 17 atom stereocenters. The van der Waals surface area contributed by atoms with Crippen LogP contribution in [0.15, 0.2) is 72.9 Å². The molecular weight excluding hydrogens is 1170 g/mol. The first-order valence-electron chi connectivity index (χ1n) is 35.7. The molecule has 17 unspecified atom stereocenters. The average Bonchev–Trinajstić information content (AvgIpc) is 0.826. The summed E-state index contributed by atoms with van der Waals surface area (Å²) in [5.41, 5.74) is 0. The van der Waals surface area contributed by atoms with Crippen LogP contribution in [0.3, 0.4) is 0 Å². The second kappa shape index (κ2) is 53.4. The van der Waals surface area contributed by atoms with E-state index in [4.69, 9.17) is 28.4 Å². The molecule has 3 fully saturated rings. The monoisotopic (exact) mass is 1290 g/mol. The zero-order valence-electron chi connectivity index (χ0n) is 55.8. The Kier molecular flexibility index (Phi) is 48.4. The van der Waals surface area contributed by atoms with Gasteiger partial charge in [-0.3, -0.25) is 4.79 Å². The molecule has 0 radical (unpaired) electrons. The van der Waals surface area contributed by atoms with Gasteiger partial charge >= 0.3 is 0 Å². The molecule has 0 bridgehead atoms. The Hall–Kier alpha value is -2.77. The van der Waals surface area contributed by atoms with E-state index in [0.29, 0.717) is 12.8 Å². The fraction of sp³-hybridized carbons (Fsp3) is 0.819. The fourth-order valence-corrected chi connectivity index (χ4v) is 11.7. The van der Waals surface area contributed by atoms with Gasteiger partial charge in [0.05, 0.1) is 38.6 Å². The number of rotatable bonds is 54. The number of aliphatic hydroxyl groups is 11. The molecule has 19 nitrogen and oxygen atoms in total. The lowest BCUT2D eigenvalue weighted by Crippen LogP contribution is -2.66. The first-order chi connectivity index (χ1) is 44.3. The highest BCUT2D eigenvalue weighted by molar-refractivity contribution is 5.76. The Labute approximate surface area is 547 Å². The van der Waals surface area contributed by atoms with Crippen LogP contribution >= 0.6 is 0 Å². The van der Waals surface area contributed by atoms with E-state index in [1.165, 1.54) is 141 Å². The van der Waals surface area contributed by atoms with E-state index >= 15 is 0 Å². The minimum Gasteiger partial charge on any atom is -0.394 e. The van der Waals surface area contributed by atoms with Gasteiger partial charge in [0, 0.05) is 6.42 Å². The Morgan fingerprint density at radius 3 is 1.23 bits per heavy atom. The van der Waals surface area contributed by atoms with Gasteiger partial charge in [0.25, 0.3) is 0 Å². The number of unbranched alkanes of at least 4 members (excludes halogenated alkanes) is 28. The first-order valence-corrected chi connectivity index (χ1v) is 35.7. The highest BCUT2D eigenvalue weighted by Gasteiger charge is 2.53. The topological polar surface area (TPSA) is 307 Å². The highest BCUT2D eigenvalue weighted by Crippen LogP contribution is 2.33. The van der Waals surface area contributed by atoms with Crippen LogP contribution < -0.4 is 5.32 Å². The van der Waals surface area contributed by atoms with Gasteiger partial charge in [0.15, 0.2) is 18.9 Å². The second-order valence-corrected chi connectivity index (χ2v) is 25.3. The van der Waals surface area contributed by atoms with E-state index in [-0.39, 0.29) is 18.9 Å². The molecule has 0 aliphatic carbocycles. The summed E-state index contributed by atoms with van der Waals surface area (Å²) in [7, 11) is 0. The van der Waals surface area contributed by atoms with Gasteiger partial charge in [0.1, 0.15) is 73.2 Å². The van der Waals surface area contributed by atoms with Crippen LogP contribution in [0.4, 0.5) is 0 Å². The maximum Gasteiger partial charge on any atom is 0.220 e. The van der Waals surface area contributed by atoms with Crippen molar-refractivity contribution in [2.75, 3.05) is 26.4 Å². The van der Waals surface area contributed by atoms with Crippen molar-refractivity contribution in [1.29, 1.82) is 0 Å². The van der Waals surface area contributed by atoms with Crippen LogP contribution in [-0.4, -0.2) is 193 Å². The highest BCUT2D eigenvalue weighted by atomic mass is 16.8. The van der Waals surface area contributed by atoms with E-state index in [1.807, 2.05) is 6.08 Å². The summed E-state index contributed by atoms with van der Waals surface area (Å²) in [5, 5.41) is 120. The van der Waals surface area contributed by atoms with Crippen molar-refractivity contribution < 1.29 is 89.4 Å². The molecule has 3 saturated heterocycles. The number of hydrogen-bond acceptors (Lipinski definition) is 18. The molecule has 3 aliphatic rings. The number of amides is 1. The van der Waals surface area contributed by atoms with Gasteiger partial charge in [-0.15, -0.1) is 0 Å². The van der Waals surface area contributed by atoms with Crippen LogP contribution in [0.2, 0.25) is 0 Å². The third kappa shape index (κ3) is 35.2. The summed E-state index contributed by atoms with van der Waals surface area (Å²) in [6.07, 6.45) is 40.9. The van der Waals surface area contributed by atoms with Gasteiger partial charge in [-0.25, -0.2) is 0 Å². The maximum atomic E-state index is 13.3. The quantitative estimate of drug-likeness (QED) is 0.0199. The van der Waals surface area contributed by atoms with Crippen LogP contribution in [0, 0.1) is 0 Å². The minimum absolute atomic E-state index is 0.236. The Morgan fingerprint density at radius 2 is 0.769 bits per heavy atom. The summed E-state index contributed by atoms with van der Waals surface area (Å²) in [6, 6.07) is -0.988. The molecule has 3 aliphatic heterocycles. The van der Waals surface area contributed by atoms with Gasteiger partial charge in [-0.1, -0.05) is 241 Å². The molecule has 0 spiro atoms. The summed E-state index contributed by atoms with van der Waals surface area (Å²) >= 11 is 0. The summed E-state index contributed by atoms with van der Waals surface area (Å²) in [5.74, 6) is -0.287. The van der Waals surface area contributed by atoms with Crippen LogP contribution in [0.5, 0.6) is 0 Å². The lowest BCUT2D eigenvalue weighted by Gasteiger charge is -2.48. The smallest absolute Gasteiger partial charge is 0.220 e. The number of nitrogens with one attached hydrogen (secondary N) is 1. The Bertz CT molecular complexity index is 1930. The zero-order chi connectivity index (χ0) is 66.1. The molecule has 1 amide bonds. The number of ether oxygens (including phenoxy) is 6. The lowest BCUT2D eigenvalue weighted by atomic mass is 9.96. The maximum absolute atomic E-state index is 13.3. The third-order valence-corrected chi connectivity index (χ3v) is 17.5. The van der Waals surface area contributed by atoms with Crippen molar-refractivity contribution in [3.05, 3.63) is 72.9 Å². The van der Waals surface area contributed by atoms with Gasteiger partial charge in [-0.05, 0) is 70.6 Å². The van der Waals surface area contributed by atoms with Crippen molar-refractivity contribution in [2.24, 2.45) is 0 Å². The summed E-state index contributed by atoms with van der Waals surface area (Å²) < 4.78 is 34.2. The number of carbonyl (C=O) groups excluding carboxylic acids is 1. The molecule has 0 aromatic heterocycles. The van der Waals surface area contributed by atoms with E-state index in [1.54, 1.807) is 6.08 Å². The van der Waals surface area contributed by atoms with Crippen molar-refractivity contribution in [3.8, 4) is 0 Å². The van der Waals surface area contributed by atoms with Gasteiger partial charge in [0.2, 0.25) is 5.91 Å². The number of carbonyl (C=O) groups is 1. The Balaban J connectivity index is 1.28. The van der Waals surface area contributed by atoms with E-state index < -0.39 is 124 Å². The normalized spacial score (nSPS) is 28.3. The standard InChI is InChI=1S/C72H127NO18/c1-3-5-7-9-11-13-14-15-16-17-18-19-20-21-22-23-24-25-26-27-28-29-30-31-32-33-34-35-36-37-38-39-40-42-44-46-48-50-60(78)73-55(56(77)49-47-45-43-41-12-10-8-6-4-2)54-86-70-66(84)63(81)68(58(52-75)88-70)91-72-67(85)64(82)69(59(53-76)89-72)90-71-65(83)62(80)61(79)57(51-74)87-71/h5,7,11-13,15-16,18-19,41,47,49,55-59,61-72,74-77,79-85H,3-4,6,8-10,14,17,20-40,42-46,48,50-54H2,1-2H3,(H,73,78)/b7-5-,13-11-,16-15-,19-18-,41-12+,49-47+. The summed E-state index contributed by atoms with van der Waals surface area (Å²) in [4.78, 5) is 13.3. The number of aliphatic hydroxyl groups excluding tert-OH is 11. The molecule has 91 heavy (non-hydrogen) atoms. The molecule has 0 saturated carbocycles. The zero-order valence-corrected chi connectivity index (χ0v) is 55.8. The number of hydrogen-bond donors (Lipinski definition) is 12. The molecule has 12 N–H and O–H groups in total. The van der Waals surface area contributed by atoms with Crippen molar-refractivity contribution >= 4 is 5.91 Å². The van der Waals surface area contributed by atoms with Crippen LogP contribution in [-0.2, 0) is 33.2 Å². The van der Waals surface area contributed by atoms with Crippen LogP contribution in [0.25, 0.3) is 0 Å². The Morgan fingerprint density at radius 1 is 0.407 bits per heavy atom. The molecule has 3 heterocycles. The van der Waals surface area contributed by atoms with Crippen molar-refractivity contribution in [1.82, 2.24) is 5.32 Å². The molecule has 3 rings (SSSR count). The minimum atomic E-state index is -1.98. The fourth-order valence-electron chi connectivity index (χ4n) is 11.7. The van der Waals surface area contributed by atoms with Gasteiger partial charge in [-0.2, -0.15) is 0 Å². The molecule has 0 aromatic carbocycles. The molecule has 528 valence electrons. The largest absolute Gasteiger partial charge is 0.394 e. The predicted molar refractivity (Wildman–Crippen MR) is 355 cm³/mol.